The van der Waals surface area contributed by atoms with Crippen LogP contribution in [0.5, 0.6) is 0 Å². The van der Waals surface area contributed by atoms with Gasteiger partial charge in [0.15, 0.2) is 5.96 Å². The molecule has 1 aromatic carbocycles. The Kier molecular flexibility index (Phi) is 8.39. The number of aliphatic imine (C=N–C) groups is 1. The molecule has 2 saturated heterocycles. The molecule has 0 spiro atoms. The molecule has 0 aliphatic carbocycles. The Morgan fingerprint density at radius 3 is 2.54 bits per heavy atom. The molecule has 7 nitrogen and oxygen atoms in total. The van der Waals surface area contributed by atoms with Gasteiger partial charge < -0.3 is 20.7 Å². The van der Waals surface area contributed by atoms with Crippen LogP contribution in [0.3, 0.4) is 0 Å². The minimum absolute atomic E-state index is 0.409. The minimum Gasteiger partial charge on any atom is -0.379 e. The van der Waals surface area contributed by atoms with Crippen molar-refractivity contribution in [2.24, 2.45) is 10.7 Å². The summed E-state index contributed by atoms with van der Waals surface area (Å²) in [7, 11) is 0. The summed E-state index contributed by atoms with van der Waals surface area (Å²) < 4.78 is 5.37. The summed E-state index contributed by atoms with van der Waals surface area (Å²) in [6, 6.07) is 11.1. The third-order valence-electron chi connectivity index (χ3n) is 5.65. The molecule has 2 aliphatic heterocycles. The van der Waals surface area contributed by atoms with Gasteiger partial charge in [0, 0.05) is 57.5 Å². The van der Waals surface area contributed by atoms with Gasteiger partial charge in [-0.25, -0.2) is 0 Å². The number of nitrogens with two attached hydrogens (primary N) is 1. The third kappa shape index (κ3) is 6.65. The number of rotatable bonds is 8. The molecule has 2 aliphatic rings. The molecule has 2 heterocycles. The fourth-order valence-corrected chi connectivity index (χ4v) is 3.81. The van der Waals surface area contributed by atoms with Gasteiger partial charge in [0.05, 0.1) is 19.8 Å². The second-order valence-electron chi connectivity index (χ2n) is 7.67. The lowest BCUT2D eigenvalue weighted by Crippen LogP contribution is -2.50. The molecule has 0 amide bonds. The summed E-state index contributed by atoms with van der Waals surface area (Å²) in [6.45, 7) is 13.0. The van der Waals surface area contributed by atoms with E-state index in [-0.39, 0.29) is 0 Å². The first-order chi connectivity index (χ1) is 13.7. The highest BCUT2D eigenvalue weighted by atomic mass is 16.5. The van der Waals surface area contributed by atoms with Gasteiger partial charge in [-0.2, -0.15) is 0 Å². The number of hydrogen-bond acceptors (Lipinski definition) is 5. The molecule has 1 unspecified atom stereocenters. The Bertz CT molecular complexity index is 582. The van der Waals surface area contributed by atoms with Crippen LogP contribution in [0.15, 0.2) is 35.3 Å². The zero-order valence-electron chi connectivity index (χ0n) is 17.2. The zero-order chi connectivity index (χ0) is 19.6. The van der Waals surface area contributed by atoms with Crippen LogP contribution < -0.4 is 16.0 Å². The average Bonchev–Trinajstić information content (AvgIpc) is 2.76. The molecule has 28 heavy (non-hydrogen) atoms. The number of nitrogens with zero attached hydrogens (tertiary/aromatic N) is 4. The molecule has 3 rings (SSSR count). The number of nitrogens with one attached hydrogen (secondary N) is 1. The Morgan fingerprint density at radius 2 is 1.82 bits per heavy atom. The second-order valence-corrected chi connectivity index (χ2v) is 7.67. The lowest BCUT2D eigenvalue weighted by molar-refractivity contribution is 0.0376. The molecule has 0 aromatic heterocycles. The van der Waals surface area contributed by atoms with Gasteiger partial charge in [-0.3, -0.25) is 14.8 Å². The van der Waals surface area contributed by atoms with Crippen molar-refractivity contribution in [1.29, 1.82) is 0 Å². The maximum atomic E-state index is 6.05. The predicted molar refractivity (Wildman–Crippen MR) is 116 cm³/mol. The van der Waals surface area contributed by atoms with Crippen LogP contribution in [0.4, 0.5) is 5.69 Å². The average molecular weight is 389 g/mol. The highest BCUT2D eigenvalue weighted by Crippen LogP contribution is 2.16. The van der Waals surface area contributed by atoms with E-state index in [1.807, 2.05) is 0 Å². The molecular weight excluding hydrogens is 352 g/mol. The molecule has 3 N–H and O–H groups in total. The van der Waals surface area contributed by atoms with E-state index in [0.29, 0.717) is 12.0 Å². The van der Waals surface area contributed by atoms with Crippen LogP contribution in [0.25, 0.3) is 0 Å². The molecule has 7 heteroatoms. The van der Waals surface area contributed by atoms with Crippen LogP contribution in [0.2, 0.25) is 0 Å². The fraction of sp³-hybridized carbons (Fsp3) is 0.667. The largest absolute Gasteiger partial charge is 0.379 e. The predicted octanol–water partition coefficient (Wildman–Crippen LogP) is 0.824. The van der Waals surface area contributed by atoms with Crippen molar-refractivity contribution in [1.82, 2.24) is 15.1 Å². The summed E-state index contributed by atoms with van der Waals surface area (Å²) in [4.78, 5) is 12.0. The van der Waals surface area contributed by atoms with Crippen molar-refractivity contribution in [2.75, 3.05) is 77.0 Å². The number of hydrogen-bond donors (Lipinski definition) is 2. The minimum atomic E-state index is 0.409. The SMILES string of the molecule is CC(CN=C(N)NCCCN1CCOCC1)N1CCN(c2ccccc2)CC1. The van der Waals surface area contributed by atoms with Gasteiger partial charge in [0.2, 0.25) is 0 Å². The van der Waals surface area contributed by atoms with E-state index in [2.05, 4.69) is 62.3 Å². The van der Waals surface area contributed by atoms with Gasteiger partial charge in [0.1, 0.15) is 0 Å². The first-order valence-electron chi connectivity index (χ1n) is 10.6. The topological polar surface area (TPSA) is 69.4 Å². The van der Waals surface area contributed by atoms with Gasteiger partial charge in [-0.05, 0) is 32.0 Å². The molecule has 0 radical (unpaired) electrons. The molecule has 156 valence electrons. The second kappa shape index (κ2) is 11.2. The van der Waals surface area contributed by atoms with Gasteiger partial charge >= 0.3 is 0 Å². The Balaban J connectivity index is 1.30. The van der Waals surface area contributed by atoms with E-state index < -0.39 is 0 Å². The van der Waals surface area contributed by atoms with Gasteiger partial charge in [-0.1, -0.05) is 18.2 Å². The third-order valence-corrected chi connectivity index (χ3v) is 5.65. The van der Waals surface area contributed by atoms with Crippen molar-refractivity contribution < 1.29 is 4.74 Å². The Hall–Kier alpha value is -1.83. The lowest BCUT2D eigenvalue weighted by atomic mass is 10.2. The quantitative estimate of drug-likeness (QED) is 0.390. The van der Waals surface area contributed by atoms with E-state index in [4.69, 9.17) is 10.5 Å². The molecule has 1 aromatic rings. The summed E-state index contributed by atoms with van der Waals surface area (Å²) in [6.07, 6.45) is 1.08. The first-order valence-corrected chi connectivity index (χ1v) is 10.6. The number of para-hydroxylation sites is 1. The Morgan fingerprint density at radius 1 is 1.11 bits per heavy atom. The molecule has 0 saturated carbocycles. The number of morpholine rings is 1. The number of anilines is 1. The van der Waals surface area contributed by atoms with Crippen molar-refractivity contribution in [3.05, 3.63) is 30.3 Å². The Labute approximate surface area is 169 Å². The van der Waals surface area contributed by atoms with Crippen molar-refractivity contribution >= 4 is 11.6 Å². The van der Waals surface area contributed by atoms with Crippen molar-refractivity contribution in [2.45, 2.75) is 19.4 Å². The van der Waals surface area contributed by atoms with Crippen LogP contribution in [-0.2, 0) is 4.74 Å². The van der Waals surface area contributed by atoms with Crippen LogP contribution in [0.1, 0.15) is 13.3 Å². The molecular formula is C21H36N6O. The standard InChI is InChI=1S/C21H36N6O/c1-19(26-10-12-27(13-11-26)20-6-3-2-4-7-20)18-24-21(22)23-8-5-9-25-14-16-28-17-15-25/h2-4,6-7,19H,5,8-18H2,1H3,(H3,22,23,24). The monoisotopic (exact) mass is 388 g/mol. The van der Waals surface area contributed by atoms with E-state index in [0.717, 1.165) is 78.5 Å². The normalized spacial score (nSPS) is 20.9. The number of ether oxygens (including phenoxy) is 1. The van der Waals surface area contributed by atoms with E-state index in [1.54, 1.807) is 0 Å². The highest BCUT2D eigenvalue weighted by molar-refractivity contribution is 5.77. The van der Waals surface area contributed by atoms with E-state index >= 15 is 0 Å². The smallest absolute Gasteiger partial charge is 0.188 e. The maximum absolute atomic E-state index is 6.05. The maximum Gasteiger partial charge on any atom is 0.188 e. The fourth-order valence-electron chi connectivity index (χ4n) is 3.81. The first kappa shape index (κ1) is 20.9. The van der Waals surface area contributed by atoms with Crippen molar-refractivity contribution in [3.63, 3.8) is 0 Å². The van der Waals surface area contributed by atoms with Crippen molar-refractivity contribution in [3.8, 4) is 0 Å². The van der Waals surface area contributed by atoms with Gasteiger partial charge in [0.25, 0.3) is 0 Å². The van der Waals surface area contributed by atoms with E-state index in [9.17, 15) is 0 Å². The number of guanidine groups is 1. The lowest BCUT2D eigenvalue weighted by Gasteiger charge is -2.38. The number of piperazine rings is 1. The summed E-state index contributed by atoms with van der Waals surface area (Å²) in [5.74, 6) is 0.566. The summed E-state index contributed by atoms with van der Waals surface area (Å²) >= 11 is 0. The number of benzene rings is 1. The summed E-state index contributed by atoms with van der Waals surface area (Å²) in [5.41, 5.74) is 7.37. The van der Waals surface area contributed by atoms with Crippen LogP contribution in [-0.4, -0.2) is 93.9 Å². The molecule has 0 bridgehead atoms. The zero-order valence-corrected chi connectivity index (χ0v) is 17.2. The van der Waals surface area contributed by atoms with Crippen LogP contribution in [0, 0.1) is 0 Å². The van der Waals surface area contributed by atoms with Gasteiger partial charge in [-0.15, -0.1) is 0 Å². The molecule has 1 atom stereocenters. The summed E-state index contributed by atoms with van der Waals surface area (Å²) in [5, 5.41) is 3.25. The highest BCUT2D eigenvalue weighted by Gasteiger charge is 2.21. The van der Waals surface area contributed by atoms with Crippen LogP contribution >= 0.6 is 0 Å². The molecule has 2 fully saturated rings. The van der Waals surface area contributed by atoms with E-state index in [1.165, 1.54) is 5.69 Å².